The normalized spacial score (nSPS) is 10.9. The van der Waals surface area contributed by atoms with Crippen LogP contribution in [0.3, 0.4) is 0 Å². The highest BCUT2D eigenvalue weighted by molar-refractivity contribution is 6.71. The summed E-state index contributed by atoms with van der Waals surface area (Å²) in [6, 6.07) is -0.345. The molecule has 0 aliphatic rings. The Bertz CT molecular complexity index is 590. The molecule has 0 saturated carbocycles. The molecule has 164 valence electrons. The molecule has 0 radical (unpaired) electrons. The largest absolute Gasteiger partial charge is 0.705 e. The first-order valence-electron chi connectivity index (χ1n) is 8.38. The lowest BCUT2D eigenvalue weighted by molar-refractivity contribution is -0.148. The maximum Gasteiger partial charge on any atom is 0.705 e. The summed E-state index contributed by atoms with van der Waals surface area (Å²) in [4.78, 5) is 67.9. The van der Waals surface area contributed by atoms with Crippen LogP contribution in [0.1, 0.15) is 41.0 Å². The SMILES string of the molecule is CC(=O)O[Si](CCC[Si](OC(C)=O)(OC(C)=O)OC(C)=O)(COC=O)OC(C)=O. The fourth-order valence-electron chi connectivity index (χ4n) is 2.39. The number of rotatable bonds is 12. The average molecular weight is 453 g/mol. The van der Waals surface area contributed by atoms with Gasteiger partial charge in [-0.25, -0.2) is 0 Å². The summed E-state index contributed by atoms with van der Waals surface area (Å²) in [6.07, 6.45) is -0.492. The molecule has 0 N–H and O–H groups in total. The van der Waals surface area contributed by atoms with E-state index in [1.54, 1.807) is 0 Å². The molecule has 0 spiro atoms. The van der Waals surface area contributed by atoms with Crippen LogP contribution < -0.4 is 0 Å². The van der Waals surface area contributed by atoms with Gasteiger partial charge in [-0.1, -0.05) is 0 Å². The second kappa shape index (κ2) is 12.0. The van der Waals surface area contributed by atoms with E-state index < -0.39 is 53.4 Å². The third kappa shape index (κ3) is 11.0. The zero-order chi connectivity index (χ0) is 22.7. The zero-order valence-electron chi connectivity index (χ0n) is 16.8. The van der Waals surface area contributed by atoms with Gasteiger partial charge in [0, 0.05) is 40.7 Å². The summed E-state index contributed by atoms with van der Waals surface area (Å²) in [5.74, 6) is -4.06. The first-order chi connectivity index (χ1) is 13.4. The number of carbonyl (C=O) groups excluding carboxylic acids is 6. The molecule has 0 heterocycles. The maximum absolute atomic E-state index is 11.5. The second-order valence-electron chi connectivity index (χ2n) is 5.82. The topological polar surface area (TPSA) is 158 Å². The summed E-state index contributed by atoms with van der Waals surface area (Å²) < 4.78 is 30.1. The van der Waals surface area contributed by atoms with Crippen molar-refractivity contribution in [3.05, 3.63) is 0 Å². The average Bonchev–Trinajstić information content (AvgIpc) is 2.49. The van der Waals surface area contributed by atoms with Crippen LogP contribution in [0.4, 0.5) is 0 Å². The van der Waals surface area contributed by atoms with E-state index in [1.807, 2.05) is 0 Å². The first-order valence-corrected chi connectivity index (χ1v) is 12.5. The van der Waals surface area contributed by atoms with Crippen LogP contribution in [-0.4, -0.2) is 59.9 Å². The van der Waals surface area contributed by atoms with Crippen LogP contribution >= 0.6 is 0 Å². The number of hydrogen-bond donors (Lipinski definition) is 0. The molecule has 0 aromatic heterocycles. The van der Waals surface area contributed by atoms with Crippen molar-refractivity contribution in [1.82, 2.24) is 0 Å². The summed E-state index contributed by atoms with van der Waals surface area (Å²) in [6.45, 7) is 5.41. The number of hydrogen-bond acceptors (Lipinski definition) is 12. The predicted molar refractivity (Wildman–Crippen MR) is 96.6 cm³/mol. The fraction of sp³-hybridized carbons (Fsp3) is 0.600. The van der Waals surface area contributed by atoms with Crippen LogP contribution in [0.2, 0.25) is 12.1 Å². The summed E-state index contributed by atoms with van der Waals surface area (Å²) in [5, 5.41) is 0. The second-order valence-corrected chi connectivity index (χ2v) is 11.3. The smallest absolute Gasteiger partial charge is 0.483 e. The van der Waals surface area contributed by atoms with Crippen LogP contribution in [0.5, 0.6) is 0 Å². The van der Waals surface area contributed by atoms with Crippen molar-refractivity contribution < 1.29 is 55.6 Å². The Labute approximate surface area is 169 Å². The lowest BCUT2D eigenvalue weighted by atomic mass is 10.6. The summed E-state index contributed by atoms with van der Waals surface area (Å²) in [5.41, 5.74) is 0. The Morgan fingerprint density at radius 1 is 0.655 bits per heavy atom. The molecule has 0 saturated heterocycles. The van der Waals surface area contributed by atoms with Gasteiger partial charge >= 0.3 is 17.4 Å². The molecule has 0 fully saturated rings. The Kier molecular flexibility index (Phi) is 10.8. The van der Waals surface area contributed by atoms with Gasteiger partial charge in [-0.15, -0.1) is 0 Å². The lowest BCUT2D eigenvalue weighted by Crippen LogP contribution is -2.52. The van der Waals surface area contributed by atoms with Gasteiger partial charge in [0.2, 0.25) is 0 Å². The quantitative estimate of drug-likeness (QED) is 0.295. The van der Waals surface area contributed by atoms with Crippen molar-refractivity contribution in [2.24, 2.45) is 0 Å². The molecule has 0 aliphatic heterocycles. The van der Waals surface area contributed by atoms with E-state index in [-0.39, 0.29) is 25.0 Å². The molecule has 0 unspecified atom stereocenters. The summed E-state index contributed by atoms with van der Waals surface area (Å²) >= 11 is 0. The Morgan fingerprint density at radius 3 is 1.34 bits per heavy atom. The van der Waals surface area contributed by atoms with E-state index in [0.29, 0.717) is 0 Å². The molecule has 0 rings (SSSR count). The van der Waals surface area contributed by atoms with Crippen molar-refractivity contribution >= 4 is 53.7 Å². The molecular weight excluding hydrogens is 428 g/mol. The monoisotopic (exact) mass is 452 g/mol. The van der Waals surface area contributed by atoms with Crippen LogP contribution in [-0.2, 0) is 55.6 Å². The standard InChI is InChI=1S/C15H24O12Si2/c1-11(17)23-28(10-22-9-16,24-12(2)18)7-6-8-29(25-13(3)19,26-14(4)20)27-15(5)21/h9H,6-8,10H2,1-5H3. The van der Waals surface area contributed by atoms with Gasteiger partial charge in [0.25, 0.3) is 36.3 Å². The molecule has 29 heavy (non-hydrogen) atoms. The Hall–Kier alpha value is -2.75. The van der Waals surface area contributed by atoms with E-state index in [0.717, 1.165) is 34.6 Å². The predicted octanol–water partition coefficient (Wildman–Crippen LogP) is 0.285. The molecule has 0 aliphatic carbocycles. The lowest BCUT2D eigenvalue weighted by Gasteiger charge is -2.29. The van der Waals surface area contributed by atoms with E-state index in [1.165, 1.54) is 0 Å². The molecule has 0 atom stereocenters. The third-order valence-corrected chi connectivity index (χ3v) is 8.77. The summed E-state index contributed by atoms with van der Waals surface area (Å²) in [7, 11) is -7.83. The molecular formula is C15H24O12Si2. The van der Waals surface area contributed by atoms with Gasteiger partial charge < -0.3 is 26.9 Å². The highest BCUT2D eigenvalue weighted by atomic mass is 28.4. The number of ether oxygens (including phenoxy) is 1. The van der Waals surface area contributed by atoms with Gasteiger partial charge in [-0.3, -0.25) is 28.8 Å². The Balaban J connectivity index is 5.65. The molecule has 0 amide bonds. The third-order valence-electron chi connectivity index (χ3n) is 2.97. The molecule has 0 aromatic rings. The highest BCUT2D eigenvalue weighted by Crippen LogP contribution is 2.25. The first kappa shape index (κ1) is 26.3. The maximum atomic E-state index is 11.5. The minimum Gasteiger partial charge on any atom is -0.483 e. The van der Waals surface area contributed by atoms with Gasteiger partial charge in [-0.2, -0.15) is 0 Å². The van der Waals surface area contributed by atoms with E-state index in [2.05, 4.69) is 4.74 Å². The van der Waals surface area contributed by atoms with Crippen LogP contribution in [0, 0.1) is 0 Å². The molecule has 12 nitrogen and oxygen atoms in total. The van der Waals surface area contributed by atoms with E-state index in [9.17, 15) is 28.8 Å². The van der Waals surface area contributed by atoms with Crippen molar-refractivity contribution in [3.8, 4) is 0 Å². The Morgan fingerprint density at radius 2 is 1.03 bits per heavy atom. The highest BCUT2D eigenvalue weighted by Gasteiger charge is 2.53. The van der Waals surface area contributed by atoms with Gasteiger partial charge in [0.05, 0.1) is 6.04 Å². The fourth-order valence-corrected chi connectivity index (χ4v) is 7.69. The van der Waals surface area contributed by atoms with Crippen molar-refractivity contribution in [1.29, 1.82) is 0 Å². The minimum atomic E-state index is -4.11. The van der Waals surface area contributed by atoms with Gasteiger partial charge in [0.1, 0.15) is 0 Å². The minimum absolute atomic E-state index is 0.0188. The molecule has 0 aromatic carbocycles. The molecule has 0 bridgehead atoms. The molecule has 14 heteroatoms. The van der Waals surface area contributed by atoms with Crippen LogP contribution in [0.25, 0.3) is 0 Å². The zero-order valence-corrected chi connectivity index (χ0v) is 18.8. The van der Waals surface area contributed by atoms with Crippen molar-refractivity contribution in [2.45, 2.75) is 53.1 Å². The van der Waals surface area contributed by atoms with E-state index >= 15 is 0 Å². The van der Waals surface area contributed by atoms with Crippen LogP contribution in [0.15, 0.2) is 0 Å². The number of carbonyl (C=O) groups is 6. The van der Waals surface area contributed by atoms with Gasteiger partial charge in [0.15, 0.2) is 6.23 Å². The van der Waals surface area contributed by atoms with Gasteiger partial charge in [-0.05, 0) is 6.42 Å². The van der Waals surface area contributed by atoms with Crippen molar-refractivity contribution in [2.75, 3.05) is 6.23 Å². The van der Waals surface area contributed by atoms with Crippen molar-refractivity contribution in [3.63, 3.8) is 0 Å². The van der Waals surface area contributed by atoms with E-state index in [4.69, 9.17) is 22.1 Å².